The molecule has 0 bridgehead atoms. The Labute approximate surface area is 114 Å². The number of nitrogens with zero attached hydrogens (tertiary/aromatic N) is 2. The lowest BCUT2D eigenvalue weighted by atomic mass is 10.3. The van der Waals surface area contributed by atoms with E-state index in [1.54, 1.807) is 17.8 Å². The Bertz CT molecular complexity index is 508. The first kappa shape index (κ1) is 14.5. The van der Waals surface area contributed by atoms with Gasteiger partial charge in [0.2, 0.25) is 10.0 Å². The minimum absolute atomic E-state index is 0.403. The van der Waals surface area contributed by atoms with Gasteiger partial charge in [0.15, 0.2) is 0 Å². The standard InChI is InChI=1S/C12H22N4O2S/c1-10(9-13-11-3-4-11)19(17,18)15-8-6-12-5-7-14-16(12)2/h5,7,10-11,13,15H,3-4,6,8-9H2,1-2H3. The molecule has 1 aromatic rings. The maximum Gasteiger partial charge on any atom is 0.215 e. The molecule has 0 amide bonds. The molecule has 0 aromatic carbocycles. The Morgan fingerprint density at radius 3 is 2.84 bits per heavy atom. The topological polar surface area (TPSA) is 76.0 Å². The van der Waals surface area contributed by atoms with E-state index in [4.69, 9.17) is 0 Å². The highest BCUT2D eigenvalue weighted by molar-refractivity contribution is 7.90. The Morgan fingerprint density at radius 2 is 2.26 bits per heavy atom. The Hall–Kier alpha value is -0.920. The molecule has 1 aliphatic rings. The van der Waals surface area contributed by atoms with E-state index in [2.05, 4.69) is 15.1 Å². The van der Waals surface area contributed by atoms with E-state index < -0.39 is 15.3 Å². The quantitative estimate of drug-likeness (QED) is 0.706. The minimum atomic E-state index is -3.24. The first-order valence-corrected chi connectivity index (χ1v) is 8.22. The van der Waals surface area contributed by atoms with E-state index in [0.717, 1.165) is 5.69 Å². The SMILES string of the molecule is CC(CNC1CC1)S(=O)(=O)NCCc1ccnn1C. The second-order valence-electron chi connectivity index (χ2n) is 5.13. The molecular weight excluding hydrogens is 264 g/mol. The van der Waals surface area contributed by atoms with Crippen LogP contribution in [0.3, 0.4) is 0 Å². The van der Waals surface area contributed by atoms with Crippen molar-refractivity contribution in [1.82, 2.24) is 19.8 Å². The van der Waals surface area contributed by atoms with Crippen LogP contribution in [0.15, 0.2) is 12.3 Å². The van der Waals surface area contributed by atoms with E-state index in [9.17, 15) is 8.42 Å². The predicted molar refractivity (Wildman–Crippen MR) is 74.3 cm³/mol. The molecule has 0 radical (unpaired) electrons. The number of rotatable bonds is 8. The van der Waals surface area contributed by atoms with Crippen LogP contribution < -0.4 is 10.0 Å². The fraction of sp³-hybridized carbons (Fsp3) is 0.750. The van der Waals surface area contributed by atoms with Gasteiger partial charge in [0, 0.05) is 44.5 Å². The van der Waals surface area contributed by atoms with Crippen molar-refractivity contribution in [3.8, 4) is 0 Å². The molecule has 1 heterocycles. The molecule has 1 unspecified atom stereocenters. The fourth-order valence-electron chi connectivity index (χ4n) is 1.84. The zero-order chi connectivity index (χ0) is 13.9. The lowest BCUT2D eigenvalue weighted by Gasteiger charge is -2.14. The molecule has 108 valence electrons. The molecule has 1 atom stereocenters. The molecule has 6 nitrogen and oxygen atoms in total. The van der Waals surface area contributed by atoms with Crippen molar-refractivity contribution in [2.24, 2.45) is 7.05 Å². The Kier molecular flexibility index (Phi) is 4.59. The summed E-state index contributed by atoms with van der Waals surface area (Å²) in [6.07, 6.45) is 4.70. The van der Waals surface area contributed by atoms with Crippen molar-refractivity contribution < 1.29 is 8.42 Å². The van der Waals surface area contributed by atoms with Crippen molar-refractivity contribution in [2.45, 2.75) is 37.5 Å². The first-order chi connectivity index (χ1) is 8.99. The van der Waals surface area contributed by atoms with E-state index >= 15 is 0 Å². The molecule has 1 aromatic heterocycles. The molecular formula is C12H22N4O2S. The lowest BCUT2D eigenvalue weighted by molar-refractivity contribution is 0.556. The molecule has 2 rings (SSSR count). The molecule has 0 saturated heterocycles. The van der Waals surface area contributed by atoms with Gasteiger partial charge in [-0.25, -0.2) is 13.1 Å². The molecule has 7 heteroatoms. The highest BCUT2D eigenvalue weighted by Crippen LogP contribution is 2.18. The van der Waals surface area contributed by atoms with Gasteiger partial charge in [0.25, 0.3) is 0 Å². The van der Waals surface area contributed by atoms with Crippen LogP contribution in [0.25, 0.3) is 0 Å². The molecule has 0 aliphatic heterocycles. The van der Waals surface area contributed by atoms with Gasteiger partial charge in [-0.3, -0.25) is 4.68 Å². The second kappa shape index (κ2) is 6.02. The maximum absolute atomic E-state index is 12.0. The van der Waals surface area contributed by atoms with Crippen molar-refractivity contribution >= 4 is 10.0 Å². The molecule has 1 aliphatic carbocycles. The number of sulfonamides is 1. The number of nitrogens with one attached hydrogen (secondary N) is 2. The molecule has 19 heavy (non-hydrogen) atoms. The van der Waals surface area contributed by atoms with Gasteiger partial charge in [0.05, 0.1) is 5.25 Å². The summed E-state index contributed by atoms with van der Waals surface area (Å²) in [5.74, 6) is 0. The third-order valence-electron chi connectivity index (χ3n) is 3.41. The highest BCUT2D eigenvalue weighted by Gasteiger charge is 2.25. The van der Waals surface area contributed by atoms with Crippen molar-refractivity contribution in [1.29, 1.82) is 0 Å². The Balaban J connectivity index is 1.74. The zero-order valence-electron chi connectivity index (χ0n) is 11.5. The number of hydrogen-bond acceptors (Lipinski definition) is 4. The average Bonchev–Trinajstić information content (AvgIpc) is 3.10. The van der Waals surface area contributed by atoms with Gasteiger partial charge in [0.1, 0.15) is 0 Å². The Morgan fingerprint density at radius 1 is 1.53 bits per heavy atom. The summed E-state index contributed by atoms with van der Waals surface area (Å²) in [4.78, 5) is 0. The van der Waals surface area contributed by atoms with Gasteiger partial charge in [-0.2, -0.15) is 5.10 Å². The largest absolute Gasteiger partial charge is 0.313 e. The number of aryl methyl sites for hydroxylation is 1. The highest BCUT2D eigenvalue weighted by atomic mass is 32.2. The molecule has 2 N–H and O–H groups in total. The van der Waals surface area contributed by atoms with E-state index in [-0.39, 0.29) is 0 Å². The smallest absolute Gasteiger partial charge is 0.215 e. The van der Waals surface area contributed by atoms with Crippen molar-refractivity contribution in [3.63, 3.8) is 0 Å². The summed E-state index contributed by atoms with van der Waals surface area (Å²) < 4.78 is 28.4. The minimum Gasteiger partial charge on any atom is -0.313 e. The summed E-state index contributed by atoms with van der Waals surface area (Å²) >= 11 is 0. The zero-order valence-corrected chi connectivity index (χ0v) is 12.3. The van der Waals surface area contributed by atoms with Crippen LogP contribution in [-0.4, -0.2) is 42.6 Å². The molecule has 1 saturated carbocycles. The van der Waals surface area contributed by atoms with Crippen LogP contribution in [0.2, 0.25) is 0 Å². The lowest BCUT2D eigenvalue weighted by Crippen LogP contribution is -2.40. The monoisotopic (exact) mass is 286 g/mol. The number of hydrogen-bond donors (Lipinski definition) is 2. The van der Waals surface area contributed by atoms with Crippen LogP contribution >= 0.6 is 0 Å². The average molecular weight is 286 g/mol. The van der Waals surface area contributed by atoms with Gasteiger partial charge >= 0.3 is 0 Å². The summed E-state index contributed by atoms with van der Waals surface area (Å²) in [6, 6.07) is 2.43. The van der Waals surface area contributed by atoms with Crippen LogP contribution in [0.1, 0.15) is 25.5 Å². The third-order valence-corrected chi connectivity index (χ3v) is 5.24. The summed E-state index contributed by atoms with van der Waals surface area (Å²) in [6.45, 7) is 2.67. The first-order valence-electron chi connectivity index (χ1n) is 6.68. The van der Waals surface area contributed by atoms with Crippen LogP contribution in [0.5, 0.6) is 0 Å². The molecule has 0 spiro atoms. The van der Waals surface area contributed by atoms with Gasteiger partial charge < -0.3 is 5.32 Å². The predicted octanol–water partition coefficient (Wildman–Crippen LogP) is 0.0225. The van der Waals surface area contributed by atoms with Crippen LogP contribution in [0, 0.1) is 0 Å². The molecule has 1 fully saturated rings. The van der Waals surface area contributed by atoms with Gasteiger partial charge in [-0.15, -0.1) is 0 Å². The van der Waals surface area contributed by atoms with E-state index in [1.165, 1.54) is 12.8 Å². The van der Waals surface area contributed by atoms with Gasteiger partial charge in [-0.1, -0.05) is 0 Å². The summed E-state index contributed by atoms with van der Waals surface area (Å²) in [5.41, 5.74) is 1.02. The number of aromatic nitrogens is 2. The van der Waals surface area contributed by atoms with E-state index in [0.29, 0.717) is 25.6 Å². The van der Waals surface area contributed by atoms with Crippen LogP contribution in [-0.2, 0) is 23.5 Å². The fourth-order valence-corrected chi connectivity index (χ4v) is 2.83. The van der Waals surface area contributed by atoms with Crippen molar-refractivity contribution in [2.75, 3.05) is 13.1 Å². The van der Waals surface area contributed by atoms with E-state index in [1.807, 2.05) is 13.1 Å². The second-order valence-corrected chi connectivity index (χ2v) is 7.31. The maximum atomic E-state index is 12.0. The summed E-state index contributed by atoms with van der Waals surface area (Å²) in [7, 11) is -1.38. The normalized spacial score (nSPS) is 17.6. The summed E-state index contributed by atoms with van der Waals surface area (Å²) in [5, 5.41) is 6.89. The van der Waals surface area contributed by atoms with Crippen molar-refractivity contribution in [3.05, 3.63) is 18.0 Å². The third kappa shape index (κ3) is 4.29. The van der Waals surface area contributed by atoms with Gasteiger partial charge in [-0.05, 0) is 25.8 Å². The van der Waals surface area contributed by atoms with Crippen LogP contribution in [0.4, 0.5) is 0 Å².